The molecule has 1 heterocycles. The van der Waals surface area contributed by atoms with Crippen molar-refractivity contribution in [2.24, 2.45) is 5.92 Å². The molecule has 1 aliphatic heterocycles. The molecular weight excluding hydrogens is 270 g/mol. The average Bonchev–Trinajstić information content (AvgIpc) is 2.25. The van der Waals surface area contributed by atoms with E-state index in [-0.39, 0.29) is 12.3 Å². The van der Waals surface area contributed by atoms with Gasteiger partial charge in [0.1, 0.15) is 4.75 Å². The van der Waals surface area contributed by atoms with E-state index in [4.69, 9.17) is 5.11 Å². The molecule has 1 unspecified atom stereocenters. The maximum absolute atomic E-state index is 12.3. The molecule has 1 saturated heterocycles. The summed E-state index contributed by atoms with van der Waals surface area (Å²) < 4.78 is 21.8. The van der Waals surface area contributed by atoms with E-state index in [1.807, 2.05) is 0 Å². The van der Waals surface area contributed by atoms with E-state index in [9.17, 15) is 18.0 Å². The predicted molar refractivity (Wildman–Crippen MR) is 70.5 cm³/mol. The number of rotatable bonds is 4. The topological polar surface area (TPSA) is 91.8 Å². The van der Waals surface area contributed by atoms with Crippen LogP contribution < -0.4 is 0 Å². The number of carboxylic acid groups (broad SMARTS) is 1. The molecule has 0 spiro atoms. The zero-order valence-electron chi connectivity index (χ0n) is 11.5. The second-order valence-electron chi connectivity index (χ2n) is 5.64. The van der Waals surface area contributed by atoms with Gasteiger partial charge in [0.2, 0.25) is 5.91 Å². The van der Waals surface area contributed by atoms with Crippen molar-refractivity contribution >= 4 is 21.7 Å². The Bertz CT molecular complexity index is 469. The van der Waals surface area contributed by atoms with Gasteiger partial charge < -0.3 is 10.0 Å². The van der Waals surface area contributed by atoms with E-state index < -0.39 is 26.5 Å². The second-order valence-corrected chi connectivity index (χ2v) is 8.20. The van der Waals surface area contributed by atoms with Crippen LogP contribution in [0, 0.1) is 5.92 Å². The maximum Gasteiger partial charge on any atom is 0.303 e. The third kappa shape index (κ3) is 3.68. The predicted octanol–water partition coefficient (Wildman–Crippen LogP) is 0.523. The van der Waals surface area contributed by atoms with Crippen molar-refractivity contribution in [2.75, 3.05) is 19.3 Å². The minimum atomic E-state index is -3.50. The van der Waals surface area contributed by atoms with Gasteiger partial charge in [-0.05, 0) is 32.6 Å². The third-order valence-electron chi connectivity index (χ3n) is 3.71. The number of amides is 1. The molecule has 0 aromatic rings. The number of piperidine rings is 1. The lowest BCUT2D eigenvalue weighted by molar-refractivity contribution is -0.141. The van der Waals surface area contributed by atoms with Crippen LogP contribution in [-0.2, 0) is 19.4 Å². The summed E-state index contributed by atoms with van der Waals surface area (Å²) in [6.45, 7) is 3.61. The lowest BCUT2D eigenvalue weighted by Gasteiger charge is -2.36. The maximum atomic E-state index is 12.3. The smallest absolute Gasteiger partial charge is 0.303 e. The summed E-state index contributed by atoms with van der Waals surface area (Å²) >= 11 is 0. The first-order valence-electron chi connectivity index (χ1n) is 6.26. The number of hydrogen-bond donors (Lipinski definition) is 1. The van der Waals surface area contributed by atoms with Crippen LogP contribution in [0.3, 0.4) is 0 Å². The first-order valence-corrected chi connectivity index (χ1v) is 8.15. The van der Waals surface area contributed by atoms with Crippen LogP contribution in [0.1, 0.15) is 33.1 Å². The van der Waals surface area contributed by atoms with Crippen LogP contribution >= 0.6 is 0 Å². The number of hydrogen-bond acceptors (Lipinski definition) is 4. The molecule has 1 atom stereocenters. The summed E-state index contributed by atoms with van der Waals surface area (Å²) in [6.07, 6.45) is 2.53. The largest absolute Gasteiger partial charge is 0.481 e. The molecule has 0 radical (unpaired) electrons. The van der Waals surface area contributed by atoms with Gasteiger partial charge in [0.25, 0.3) is 0 Å². The van der Waals surface area contributed by atoms with Gasteiger partial charge in [0.05, 0.1) is 0 Å². The molecule has 1 fully saturated rings. The number of carbonyl (C=O) groups is 2. The summed E-state index contributed by atoms with van der Waals surface area (Å²) in [6, 6.07) is 0. The highest BCUT2D eigenvalue weighted by Crippen LogP contribution is 2.25. The standard InChI is InChI=1S/C12H21NO5S/c1-12(2,19(3,17)18)11(16)13-6-4-5-9(8-13)7-10(14)15/h9H,4-8H2,1-3H3,(H,14,15). The van der Waals surface area contributed by atoms with E-state index in [0.717, 1.165) is 12.7 Å². The minimum absolute atomic E-state index is 0.0169. The quantitative estimate of drug-likeness (QED) is 0.815. The fourth-order valence-corrected chi connectivity index (χ4v) is 2.65. The summed E-state index contributed by atoms with van der Waals surface area (Å²) in [5.74, 6) is -1.42. The van der Waals surface area contributed by atoms with E-state index >= 15 is 0 Å². The van der Waals surface area contributed by atoms with Crippen molar-refractivity contribution in [1.82, 2.24) is 4.90 Å². The van der Waals surface area contributed by atoms with Crippen LogP contribution in [0.4, 0.5) is 0 Å². The molecule has 0 aromatic carbocycles. The van der Waals surface area contributed by atoms with Crippen molar-refractivity contribution in [3.8, 4) is 0 Å². The summed E-state index contributed by atoms with van der Waals surface area (Å²) in [5, 5.41) is 8.78. The zero-order valence-corrected chi connectivity index (χ0v) is 12.4. The average molecular weight is 291 g/mol. The van der Waals surface area contributed by atoms with Gasteiger partial charge >= 0.3 is 5.97 Å². The Kier molecular flexibility index (Phi) is 4.60. The van der Waals surface area contributed by atoms with E-state index in [0.29, 0.717) is 19.5 Å². The highest BCUT2D eigenvalue weighted by Gasteiger charge is 2.42. The van der Waals surface area contributed by atoms with Crippen LogP contribution in [-0.4, -0.2) is 54.4 Å². The number of likely N-dealkylation sites (tertiary alicyclic amines) is 1. The van der Waals surface area contributed by atoms with Crippen molar-refractivity contribution in [2.45, 2.75) is 37.9 Å². The number of aliphatic carboxylic acids is 1. The van der Waals surface area contributed by atoms with E-state index in [1.54, 1.807) is 0 Å². The summed E-state index contributed by atoms with van der Waals surface area (Å²) in [4.78, 5) is 24.5. The van der Waals surface area contributed by atoms with Gasteiger partial charge in [-0.2, -0.15) is 0 Å². The highest BCUT2D eigenvalue weighted by molar-refractivity contribution is 7.92. The van der Waals surface area contributed by atoms with Gasteiger partial charge in [0.15, 0.2) is 9.84 Å². The first-order chi connectivity index (χ1) is 8.55. The van der Waals surface area contributed by atoms with Crippen molar-refractivity contribution < 1.29 is 23.1 Å². The number of sulfone groups is 1. The number of nitrogens with zero attached hydrogens (tertiary/aromatic N) is 1. The van der Waals surface area contributed by atoms with Crippen LogP contribution in [0.2, 0.25) is 0 Å². The fourth-order valence-electron chi connectivity index (χ4n) is 2.20. The number of carboxylic acids is 1. The minimum Gasteiger partial charge on any atom is -0.481 e. The van der Waals surface area contributed by atoms with Gasteiger partial charge in [-0.1, -0.05) is 0 Å². The summed E-state index contributed by atoms with van der Waals surface area (Å²) in [5.41, 5.74) is 0. The second kappa shape index (κ2) is 5.48. The van der Waals surface area contributed by atoms with Crippen molar-refractivity contribution in [3.05, 3.63) is 0 Å². The SMILES string of the molecule is CC(C)(C(=O)N1CCCC(CC(=O)O)C1)S(C)(=O)=O. The number of carbonyl (C=O) groups excluding carboxylic acids is 1. The molecule has 6 nitrogen and oxygen atoms in total. The fraction of sp³-hybridized carbons (Fsp3) is 0.833. The van der Waals surface area contributed by atoms with Crippen LogP contribution in [0.5, 0.6) is 0 Å². The first kappa shape index (κ1) is 15.9. The van der Waals surface area contributed by atoms with E-state index in [2.05, 4.69) is 0 Å². The van der Waals surface area contributed by atoms with Crippen molar-refractivity contribution in [1.29, 1.82) is 0 Å². The highest BCUT2D eigenvalue weighted by atomic mass is 32.2. The van der Waals surface area contributed by atoms with Crippen LogP contribution in [0.25, 0.3) is 0 Å². The Morgan fingerprint density at radius 1 is 1.37 bits per heavy atom. The molecule has 0 aliphatic carbocycles. The van der Waals surface area contributed by atoms with Crippen LogP contribution in [0.15, 0.2) is 0 Å². The monoisotopic (exact) mass is 291 g/mol. The lowest BCUT2D eigenvalue weighted by atomic mass is 9.94. The van der Waals surface area contributed by atoms with Gasteiger partial charge in [0, 0.05) is 25.8 Å². The molecule has 7 heteroatoms. The molecule has 110 valence electrons. The Labute approximate surface area is 113 Å². The molecule has 1 N–H and O–H groups in total. The molecule has 0 saturated carbocycles. The van der Waals surface area contributed by atoms with Gasteiger partial charge in [-0.3, -0.25) is 9.59 Å². The molecule has 1 rings (SSSR count). The molecule has 0 bridgehead atoms. The molecule has 19 heavy (non-hydrogen) atoms. The lowest BCUT2D eigenvalue weighted by Crippen LogP contribution is -2.52. The molecule has 0 aromatic heterocycles. The third-order valence-corrected chi connectivity index (χ3v) is 5.74. The Balaban J connectivity index is 2.80. The normalized spacial score (nSPS) is 21.2. The molecule has 1 aliphatic rings. The van der Waals surface area contributed by atoms with Crippen molar-refractivity contribution in [3.63, 3.8) is 0 Å². The Morgan fingerprint density at radius 3 is 2.42 bits per heavy atom. The summed E-state index contributed by atoms with van der Waals surface area (Å²) in [7, 11) is -3.50. The Morgan fingerprint density at radius 2 is 1.95 bits per heavy atom. The molecular formula is C12H21NO5S. The Hall–Kier alpha value is -1.11. The van der Waals surface area contributed by atoms with Gasteiger partial charge in [-0.25, -0.2) is 8.42 Å². The van der Waals surface area contributed by atoms with E-state index in [1.165, 1.54) is 18.7 Å². The molecule has 1 amide bonds. The zero-order chi connectivity index (χ0) is 14.8. The van der Waals surface area contributed by atoms with Gasteiger partial charge in [-0.15, -0.1) is 0 Å².